The summed E-state index contributed by atoms with van der Waals surface area (Å²) in [5, 5.41) is 1.66. The van der Waals surface area contributed by atoms with Crippen LogP contribution in [0.5, 0.6) is 0 Å². The zero-order chi connectivity index (χ0) is 12.3. The molecule has 1 aliphatic heterocycles. The number of β-lactam (4-membered cyclic amide) rings is 1. The Kier molecular flexibility index (Phi) is 3.44. The van der Waals surface area contributed by atoms with E-state index in [1.807, 2.05) is 30.3 Å². The number of carbonyl (C=O) groups excluding carboxylic acids is 2. The average molecular weight is 252 g/mol. The monoisotopic (exact) mass is 251 g/mol. The number of benzene rings is 1. The minimum absolute atomic E-state index is 0.199. The van der Waals surface area contributed by atoms with Crippen molar-refractivity contribution in [3.05, 3.63) is 47.7 Å². The highest BCUT2D eigenvalue weighted by Gasteiger charge is 2.32. The normalized spacial score (nSPS) is 20.6. The van der Waals surface area contributed by atoms with Gasteiger partial charge >= 0.3 is 5.97 Å². The van der Waals surface area contributed by atoms with Crippen molar-refractivity contribution in [1.82, 2.24) is 5.32 Å². The number of hydrogen-bond acceptors (Lipinski definition) is 3. The Morgan fingerprint density at radius 1 is 1.41 bits per heavy atom. The van der Waals surface area contributed by atoms with Crippen molar-refractivity contribution in [2.75, 3.05) is 0 Å². The Hall–Kier alpha value is -1.81. The second-order valence-corrected chi connectivity index (χ2v) is 3.98. The highest BCUT2D eigenvalue weighted by atomic mass is 35.5. The highest BCUT2D eigenvalue weighted by molar-refractivity contribution is 6.36. The van der Waals surface area contributed by atoms with Crippen LogP contribution < -0.4 is 5.32 Å². The maximum absolute atomic E-state index is 11.4. The Labute approximate surface area is 103 Å². The first-order valence-electron chi connectivity index (χ1n) is 5.04. The molecule has 2 rings (SSSR count). The van der Waals surface area contributed by atoms with Crippen LogP contribution in [-0.2, 0) is 20.9 Å². The summed E-state index contributed by atoms with van der Waals surface area (Å²) in [6.07, 6.45) is 1.20. The van der Waals surface area contributed by atoms with Crippen LogP contribution in [0.15, 0.2) is 42.1 Å². The molecule has 17 heavy (non-hydrogen) atoms. The molecule has 0 unspecified atom stereocenters. The van der Waals surface area contributed by atoms with Crippen LogP contribution in [0.25, 0.3) is 0 Å². The second kappa shape index (κ2) is 5.01. The van der Waals surface area contributed by atoms with E-state index in [9.17, 15) is 9.59 Å². The van der Waals surface area contributed by atoms with E-state index in [0.29, 0.717) is 5.70 Å². The van der Waals surface area contributed by atoms with Gasteiger partial charge < -0.3 is 10.1 Å². The van der Waals surface area contributed by atoms with Crippen LogP contribution in [-0.4, -0.2) is 17.3 Å². The van der Waals surface area contributed by atoms with Gasteiger partial charge in [-0.15, -0.1) is 11.6 Å². The summed E-state index contributed by atoms with van der Waals surface area (Å²) in [6.45, 7) is 0.199. The largest absolute Gasteiger partial charge is 0.458 e. The molecule has 4 nitrogen and oxygen atoms in total. The molecule has 1 saturated heterocycles. The first kappa shape index (κ1) is 11.7. The van der Waals surface area contributed by atoms with Crippen molar-refractivity contribution in [2.45, 2.75) is 12.0 Å². The van der Waals surface area contributed by atoms with Gasteiger partial charge in [-0.3, -0.25) is 4.79 Å². The van der Waals surface area contributed by atoms with E-state index in [1.165, 1.54) is 6.08 Å². The van der Waals surface area contributed by atoms with Crippen molar-refractivity contribution in [2.24, 2.45) is 0 Å². The van der Waals surface area contributed by atoms with Gasteiger partial charge in [0.15, 0.2) is 5.38 Å². The van der Waals surface area contributed by atoms with Gasteiger partial charge in [0, 0.05) is 6.08 Å². The average Bonchev–Trinajstić information content (AvgIpc) is 2.37. The maximum Gasteiger partial charge on any atom is 0.332 e. The van der Waals surface area contributed by atoms with Crippen LogP contribution in [0.3, 0.4) is 0 Å². The predicted octanol–water partition coefficient (Wildman–Crippen LogP) is 1.35. The Balaban J connectivity index is 1.85. The van der Waals surface area contributed by atoms with E-state index < -0.39 is 11.3 Å². The first-order valence-corrected chi connectivity index (χ1v) is 5.47. The molecule has 5 heteroatoms. The molecule has 1 aromatic carbocycles. The number of ether oxygens (including phenoxy) is 1. The van der Waals surface area contributed by atoms with E-state index in [1.54, 1.807) is 0 Å². The van der Waals surface area contributed by atoms with E-state index in [4.69, 9.17) is 16.3 Å². The molecule has 0 saturated carbocycles. The van der Waals surface area contributed by atoms with E-state index in [0.717, 1.165) is 5.56 Å². The van der Waals surface area contributed by atoms with Gasteiger partial charge in [0.2, 0.25) is 5.91 Å². The topological polar surface area (TPSA) is 55.4 Å². The standard InChI is InChI=1S/C12H10ClNO3/c13-11-9(14-12(11)16)6-10(15)17-7-8-4-2-1-3-5-8/h1-6,11H,7H2,(H,14,16)/b9-6-/t11-/m1/s1. The van der Waals surface area contributed by atoms with E-state index >= 15 is 0 Å². The third kappa shape index (κ3) is 2.85. The third-order valence-corrected chi connectivity index (χ3v) is 2.70. The number of rotatable bonds is 3. The van der Waals surface area contributed by atoms with Gasteiger partial charge in [0.1, 0.15) is 6.61 Å². The summed E-state index contributed by atoms with van der Waals surface area (Å²) in [5.74, 6) is -0.816. The fraction of sp³-hybridized carbons (Fsp3) is 0.167. The molecule has 1 N–H and O–H groups in total. The first-order chi connectivity index (χ1) is 8.16. The molecule has 0 spiro atoms. The lowest BCUT2D eigenvalue weighted by Gasteiger charge is -2.23. The van der Waals surface area contributed by atoms with Gasteiger partial charge in [-0.2, -0.15) is 0 Å². The second-order valence-electron chi connectivity index (χ2n) is 3.54. The molecule has 1 aromatic rings. The van der Waals surface area contributed by atoms with Gasteiger partial charge in [-0.05, 0) is 5.56 Å². The lowest BCUT2D eigenvalue weighted by atomic mass is 10.1. The summed E-state index contributed by atoms with van der Waals surface area (Å²) in [4.78, 5) is 22.1. The lowest BCUT2D eigenvalue weighted by molar-refractivity contribution is -0.139. The molecule has 0 aliphatic carbocycles. The fourth-order valence-corrected chi connectivity index (χ4v) is 1.51. The van der Waals surface area contributed by atoms with Crippen molar-refractivity contribution in [3.63, 3.8) is 0 Å². The van der Waals surface area contributed by atoms with E-state index in [2.05, 4.69) is 5.32 Å². The third-order valence-electron chi connectivity index (χ3n) is 2.27. The zero-order valence-electron chi connectivity index (χ0n) is 8.85. The van der Waals surface area contributed by atoms with Crippen molar-refractivity contribution in [3.8, 4) is 0 Å². The zero-order valence-corrected chi connectivity index (χ0v) is 9.61. The molecule has 88 valence electrons. The fourth-order valence-electron chi connectivity index (χ4n) is 1.34. The summed E-state index contributed by atoms with van der Waals surface area (Å²) < 4.78 is 4.99. The smallest absolute Gasteiger partial charge is 0.332 e. The van der Waals surface area contributed by atoms with Gasteiger partial charge in [0.25, 0.3) is 0 Å². The summed E-state index contributed by atoms with van der Waals surface area (Å²) in [7, 11) is 0. The minimum atomic E-state index is -0.751. The van der Waals surface area contributed by atoms with Crippen molar-refractivity contribution < 1.29 is 14.3 Å². The van der Waals surface area contributed by atoms with Gasteiger partial charge in [-0.25, -0.2) is 4.79 Å². The van der Waals surface area contributed by atoms with Gasteiger partial charge in [0.05, 0.1) is 5.70 Å². The minimum Gasteiger partial charge on any atom is -0.458 e. The van der Waals surface area contributed by atoms with Gasteiger partial charge in [-0.1, -0.05) is 30.3 Å². The van der Waals surface area contributed by atoms with Crippen LogP contribution in [0.2, 0.25) is 0 Å². The molecule has 1 fully saturated rings. The summed E-state index contributed by atoms with van der Waals surface area (Å²) in [5.41, 5.74) is 1.29. The number of esters is 1. The number of amides is 1. The van der Waals surface area contributed by atoms with Crippen LogP contribution in [0.1, 0.15) is 5.56 Å². The molecule has 0 bridgehead atoms. The highest BCUT2D eigenvalue weighted by Crippen LogP contribution is 2.17. The SMILES string of the molecule is O=C(/C=C1\NC(=O)[C@@H]1Cl)OCc1ccccc1. The van der Waals surface area contributed by atoms with Crippen LogP contribution >= 0.6 is 11.6 Å². The molecule has 1 amide bonds. The summed E-state index contributed by atoms with van der Waals surface area (Å²) >= 11 is 5.64. The molecule has 1 heterocycles. The molecule has 0 radical (unpaired) electrons. The molecule has 1 atom stereocenters. The number of hydrogen-bond donors (Lipinski definition) is 1. The lowest BCUT2D eigenvalue weighted by Crippen LogP contribution is -2.47. The molecular formula is C12H10ClNO3. The Morgan fingerprint density at radius 3 is 2.71 bits per heavy atom. The predicted molar refractivity (Wildman–Crippen MR) is 62.1 cm³/mol. The molecule has 0 aromatic heterocycles. The maximum atomic E-state index is 11.4. The quantitative estimate of drug-likeness (QED) is 0.382. The van der Waals surface area contributed by atoms with Crippen molar-refractivity contribution in [1.29, 1.82) is 0 Å². The molecule has 1 aliphatic rings. The Bertz CT molecular complexity index is 470. The number of alkyl halides is 1. The Morgan fingerprint density at radius 2 is 2.12 bits per heavy atom. The number of nitrogens with one attached hydrogen (secondary N) is 1. The van der Waals surface area contributed by atoms with Crippen molar-refractivity contribution >= 4 is 23.5 Å². The van der Waals surface area contributed by atoms with Crippen LogP contribution in [0.4, 0.5) is 0 Å². The van der Waals surface area contributed by atoms with E-state index in [-0.39, 0.29) is 12.5 Å². The number of halogens is 1. The molecular weight excluding hydrogens is 242 g/mol. The summed E-state index contributed by atoms with van der Waals surface area (Å²) in [6, 6.07) is 9.33. The number of carbonyl (C=O) groups is 2. The van der Waals surface area contributed by atoms with Crippen LogP contribution in [0, 0.1) is 0 Å².